The highest BCUT2D eigenvalue weighted by molar-refractivity contribution is 5.37. The van der Waals surface area contributed by atoms with Crippen LogP contribution in [0.25, 0.3) is 0 Å². The van der Waals surface area contributed by atoms with Crippen LogP contribution < -0.4 is 10.5 Å². The van der Waals surface area contributed by atoms with E-state index in [4.69, 9.17) is 14.9 Å². The molecule has 2 aromatic rings. The maximum absolute atomic E-state index is 5.90. The molecule has 1 unspecified atom stereocenters. The summed E-state index contributed by atoms with van der Waals surface area (Å²) in [6.07, 6.45) is 3.63. The quantitative estimate of drug-likeness (QED) is 0.866. The van der Waals surface area contributed by atoms with Gasteiger partial charge in [-0.1, -0.05) is 12.1 Å². The summed E-state index contributed by atoms with van der Waals surface area (Å²) in [5.74, 6) is 2.30. The second kappa shape index (κ2) is 6.43. The molecule has 0 bridgehead atoms. The molecule has 0 radical (unpaired) electrons. The molecular formula is C16H21NO2. The Morgan fingerprint density at radius 2 is 2.16 bits per heavy atom. The zero-order valence-corrected chi connectivity index (χ0v) is 11.6. The van der Waals surface area contributed by atoms with Crippen LogP contribution in [0.15, 0.2) is 41.0 Å². The lowest BCUT2D eigenvalue weighted by molar-refractivity contribution is 0.411. The van der Waals surface area contributed by atoms with Gasteiger partial charge in [0.1, 0.15) is 11.5 Å². The highest BCUT2D eigenvalue weighted by atomic mass is 16.5. The van der Waals surface area contributed by atoms with E-state index in [0.717, 1.165) is 29.9 Å². The predicted molar refractivity (Wildman–Crippen MR) is 76.6 cm³/mol. The third-order valence-corrected chi connectivity index (χ3v) is 3.49. The van der Waals surface area contributed by atoms with E-state index in [-0.39, 0.29) is 0 Å². The van der Waals surface area contributed by atoms with Crippen LogP contribution in [0.4, 0.5) is 0 Å². The van der Waals surface area contributed by atoms with E-state index in [1.54, 1.807) is 13.4 Å². The first-order valence-electron chi connectivity index (χ1n) is 6.61. The minimum Gasteiger partial charge on any atom is -0.496 e. The summed E-state index contributed by atoms with van der Waals surface area (Å²) in [6, 6.07) is 10.2. The molecule has 1 aromatic heterocycles. The fourth-order valence-corrected chi connectivity index (χ4v) is 2.35. The second-order valence-electron chi connectivity index (χ2n) is 4.78. The molecule has 3 nitrogen and oxygen atoms in total. The Kier molecular flexibility index (Phi) is 4.63. The lowest BCUT2D eigenvalue weighted by Crippen LogP contribution is -2.13. The highest BCUT2D eigenvalue weighted by Crippen LogP contribution is 2.26. The number of benzene rings is 1. The fourth-order valence-electron chi connectivity index (χ4n) is 2.35. The Balaban J connectivity index is 2.06. The Morgan fingerprint density at radius 1 is 1.32 bits per heavy atom. The van der Waals surface area contributed by atoms with E-state index in [1.807, 2.05) is 18.2 Å². The number of furan rings is 1. The molecule has 0 spiro atoms. The normalized spacial score (nSPS) is 12.4. The Bertz CT molecular complexity index is 505. The Hall–Kier alpha value is -1.74. The third-order valence-electron chi connectivity index (χ3n) is 3.49. The molecule has 0 saturated heterocycles. The first kappa shape index (κ1) is 13.7. The molecular weight excluding hydrogens is 238 g/mol. The lowest BCUT2D eigenvalue weighted by atomic mass is 9.92. The molecule has 0 aliphatic rings. The van der Waals surface area contributed by atoms with E-state index in [0.29, 0.717) is 12.5 Å². The van der Waals surface area contributed by atoms with Crippen molar-refractivity contribution < 1.29 is 9.15 Å². The van der Waals surface area contributed by atoms with Crippen molar-refractivity contribution >= 4 is 0 Å². The first-order valence-corrected chi connectivity index (χ1v) is 6.61. The van der Waals surface area contributed by atoms with E-state index < -0.39 is 0 Å². The molecule has 102 valence electrons. The van der Waals surface area contributed by atoms with Crippen molar-refractivity contribution in [2.75, 3.05) is 13.7 Å². The van der Waals surface area contributed by atoms with E-state index in [9.17, 15) is 0 Å². The number of rotatable bonds is 6. The van der Waals surface area contributed by atoms with E-state index >= 15 is 0 Å². The van der Waals surface area contributed by atoms with Gasteiger partial charge in [-0.3, -0.25) is 0 Å². The van der Waals surface area contributed by atoms with Crippen LogP contribution in [0.5, 0.6) is 5.75 Å². The molecule has 0 saturated carbocycles. The smallest absolute Gasteiger partial charge is 0.121 e. The van der Waals surface area contributed by atoms with Crippen LogP contribution >= 0.6 is 0 Å². The molecule has 2 N–H and O–H groups in total. The van der Waals surface area contributed by atoms with Crippen LogP contribution in [0, 0.1) is 6.92 Å². The van der Waals surface area contributed by atoms with Crippen LogP contribution in [0.1, 0.15) is 29.2 Å². The Labute approximate surface area is 114 Å². The van der Waals surface area contributed by atoms with Crippen LogP contribution in [0.2, 0.25) is 0 Å². The SMILES string of the molecule is COc1ccc(C(CN)CCc2ccco2)cc1C. The van der Waals surface area contributed by atoms with Crippen LogP contribution in [-0.2, 0) is 6.42 Å². The molecule has 0 fully saturated rings. The van der Waals surface area contributed by atoms with E-state index in [1.165, 1.54) is 5.56 Å². The number of hydrogen-bond donors (Lipinski definition) is 1. The van der Waals surface area contributed by atoms with Crippen molar-refractivity contribution in [3.63, 3.8) is 0 Å². The summed E-state index contributed by atoms with van der Waals surface area (Å²) < 4.78 is 10.6. The molecule has 1 heterocycles. The monoisotopic (exact) mass is 259 g/mol. The zero-order valence-electron chi connectivity index (χ0n) is 11.6. The number of hydrogen-bond acceptors (Lipinski definition) is 3. The summed E-state index contributed by atoms with van der Waals surface area (Å²) in [6.45, 7) is 2.70. The van der Waals surface area contributed by atoms with Crippen LogP contribution in [-0.4, -0.2) is 13.7 Å². The van der Waals surface area contributed by atoms with Gasteiger partial charge >= 0.3 is 0 Å². The molecule has 2 rings (SSSR count). The number of nitrogens with two attached hydrogens (primary N) is 1. The number of methoxy groups -OCH3 is 1. The van der Waals surface area contributed by atoms with Crippen molar-refractivity contribution in [2.24, 2.45) is 5.73 Å². The van der Waals surface area contributed by atoms with Gasteiger partial charge in [-0.15, -0.1) is 0 Å². The molecule has 0 amide bonds. The molecule has 1 atom stereocenters. The summed E-state index contributed by atoms with van der Waals surface area (Å²) in [4.78, 5) is 0. The van der Waals surface area contributed by atoms with E-state index in [2.05, 4.69) is 19.1 Å². The summed E-state index contributed by atoms with van der Waals surface area (Å²) in [5.41, 5.74) is 8.32. The maximum Gasteiger partial charge on any atom is 0.121 e. The second-order valence-corrected chi connectivity index (χ2v) is 4.78. The van der Waals surface area contributed by atoms with Crippen LogP contribution in [0.3, 0.4) is 0 Å². The molecule has 0 aliphatic carbocycles. The van der Waals surface area contributed by atoms with Crippen molar-refractivity contribution in [1.82, 2.24) is 0 Å². The topological polar surface area (TPSA) is 48.4 Å². The number of ether oxygens (including phenoxy) is 1. The van der Waals surface area contributed by atoms with Crippen molar-refractivity contribution in [1.29, 1.82) is 0 Å². The average Bonchev–Trinajstić information content (AvgIpc) is 2.93. The van der Waals surface area contributed by atoms with Gasteiger partial charge in [-0.2, -0.15) is 0 Å². The van der Waals surface area contributed by atoms with Gasteiger partial charge in [-0.25, -0.2) is 0 Å². The number of aryl methyl sites for hydroxylation is 2. The summed E-state index contributed by atoms with van der Waals surface area (Å²) in [7, 11) is 1.69. The standard InChI is InChI=1S/C16H21NO2/c1-12-10-13(6-8-16(12)18-2)14(11-17)5-7-15-4-3-9-19-15/h3-4,6,8-10,14H,5,7,11,17H2,1-2H3. The van der Waals surface area contributed by atoms with Crippen molar-refractivity contribution in [2.45, 2.75) is 25.7 Å². The average molecular weight is 259 g/mol. The lowest BCUT2D eigenvalue weighted by Gasteiger charge is -2.16. The Morgan fingerprint density at radius 3 is 2.74 bits per heavy atom. The zero-order chi connectivity index (χ0) is 13.7. The minimum atomic E-state index is 0.356. The summed E-state index contributed by atoms with van der Waals surface area (Å²) >= 11 is 0. The van der Waals surface area contributed by atoms with Gasteiger partial charge in [0.2, 0.25) is 0 Å². The van der Waals surface area contributed by atoms with Gasteiger partial charge in [-0.05, 0) is 55.1 Å². The van der Waals surface area contributed by atoms with Crippen molar-refractivity contribution in [3.8, 4) is 5.75 Å². The van der Waals surface area contributed by atoms with Gasteiger partial charge in [0.15, 0.2) is 0 Å². The van der Waals surface area contributed by atoms with Crippen molar-refractivity contribution in [3.05, 3.63) is 53.5 Å². The van der Waals surface area contributed by atoms with Gasteiger partial charge < -0.3 is 14.9 Å². The minimum absolute atomic E-state index is 0.356. The first-order chi connectivity index (χ1) is 9.24. The largest absolute Gasteiger partial charge is 0.496 e. The van der Waals surface area contributed by atoms with Gasteiger partial charge in [0.05, 0.1) is 13.4 Å². The molecule has 3 heteroatoms. The summed E-state index contributed by atoms with van der Waals surface area (Å²) in [5, 5.41) is 0. The third kappa shape index (κ3) is 3.38. The fraction of sp³-hybridized carbons (Fsp3) is 0.375. The van der Waals surface area contributed by atoms with Gasteiger partial charge in [0.25, 0.3) is 0 Å². The molecule has 1 aromatic carbocycles. The maximum atomic E-state index is 5.90. The molecule has 19 heavy (non-hydrogen) atoms. The highest BCUT2D eigenvalue weighted by Gasteiger charge is 2.12. The predicted octanol–water partition coefficient (Wildman–Crippen LogP) is 3.27. The van der Waals surface area contributed by atoms with Gasteiger partial charge in [0, 0.05) is 6.42 Å². The molecule has 0 aliphatic heterocycles.